The molecule has 4 nitrogen and oxygen atoms in total. The van der Waals surface area contributed by atoms with Crippen LogP contribution in [0.3, 0.4) is 0 Å². The van der Waals surface area contributed by atoms with Crippen molar-refractivity contribution in [1.82, 2.24) is 10.2 Å². The van der Waals surface area contributed by atoms with Crippen LogP contribution in [0, 0.1) is 5.92 Å². The van der Waals surface area contributed by atoms with Crippen LogP contribution in [0.15, 0.2) is 30.3 Å². The van der Waals surface area contributed by atoms with E-state index in [0.717, 1.165) is 13.1 Å². The Bertz CT molecular complexity index is 525. The van der Waals surface area contributed by atoms with Gasteiger partial charge >= 0.3 is 0 Å². The Kier molecular flexibility index (Phi) is 3.89. The molecule has 0 aromatic heterocycles. The van der Waals surface area contributed by atoms with Gasteiger partial charge in [0.25, 0.3) is 5.91 Å². The molecule has 0 radical (unpaired) electrons. The highest BCUT2D eigenvalue weighted by molar-refractivity contribution is 5.82. The quantitative estimate of drug-likeness (QED) is 0.905. The van der Waals surface area contributed by atoms with Crippen molar-refractivity contribution >= 4 is 5.91 Å². The fourth-order valence-electron chi connectivity index (χ4n) is 3.41. The van der Waals surface area contributed by atoms with Crippen molar-refractivity contribution in [1.29, 1.82) is 0 Å². The molecule has 1 N–H and O–H groups in total. The summed E-state index contributed by atoms with van der Waals surface area (Å²) in [6.45, 7) is 2.39. The number of benzene rings is 1. The van der Waals surface area contributed by atoms with Crippen LogP contribution in [0.4, 0.5) is 0 Å². The number of rotatable bonds is 5. The van der Waals surface area contributed by atoms with E-state index in [9.17, 15) is 4.79 Å². The summed E-state index contributed by atoms with van der Waals surface area (Å²) in [5.74, 6) is 0.758. The van der Waals surface area contributed by atoms with Gasteiger partial charge in [-0.25, -0.2) is 0 Å². The molecular formula is C18H24N2O2. The smallest absolute Gasteiger partial charge is 0.251 e. The number of nitrogens with zero attached hydrogens (tertiary/aromatic N) is 1. The van der Waals surface area contributed by atoms with Gasteiger partial charge in [-0.1, -0.05) is 30.3 Å². The van der Waals surface area contributed by atoms with Gasteiger partial charge in [0.05, 0.1) is 12.6 Å². The number of nitrogens with one attached hydrogen (secondary N) is 1. The summed E-state index contributed by atoms with van der Waals surface area (Å²) >= 11 is 0. The zero-order valence-electron chi connectivity index (χ0n) is 12.9. The van der Waals surface area contributed by atoms with Crippen molar-refractivity contribution in [3.8, 4) is 0 Å². The molecular weight excluding hydrogens is 276 g/mol. The molecule has 118 valence electrons. The Hall–Kier alpha value is -1.39. The van der Waals surface area contributed by atoms with Crippen LogP contribution in [0.1, 0.15) is 37.3 Å². The molecule has 0 spiro atoms. The fraction of sp³-hybridized carbons (Fsp3) is 0.611. The number of hydrogen-bond acceptors (Lipinski definition) is 3. The maximum absolute atomic E-state index is 12.6. The third kappa shape index (κ3) is 3.03. The number of morpholine rings is 1. The van der Waals surface area contributed by atoms with Gasteiger partial charge in [0.1, 0.15) is 0 Å². The molecule has 4 rings (SSSR count). The lowest BCUT2D eigenvalue weighted by Gasteiger charge is -2.41. The Morgan fingerprint density at radius 1 is 1.18 bits per heavy atom. The maximum Gasteiger partial charge on any atom is 0.251 e. The van der Waals surface area contributed by atoms with Crippen LogP contribution in [0.2, 0.25) is 0 Å². The van der Waals surface area contributed by atoms with Crippen molar-refractivity contribution in [2.24, 2.45) is 5.92 Å². The van der Waals surface area contributed by atoms with Crippen molar-refractivity contribution in [3.05, 3.63) is 35.9 Å². The van der Waals surface area contributed by atoms with Crippen LogP contribution in [0.5, 0.6) is 0 Å². The van der Waals surface area contributed by atoms with Gasteiger partial charge in [0.15, 0.2) is 6.10 Å². The molecule has 2 aliphatic carbocycles. The zero-order valence-corrected chi connectivity index (χ0v) is 12.9. The summed E-state index contributed by atoms with van der Waals surface area (Å²) in [4.78, 5) is 15.1. The Morgan fingerprint density at radius 3 is 2.64 bits per heavy atom. The summed E-state index contributed by atoms with van der Waals surface area (Å²) in [7, 11) is 0. The van der Waals surface area contributed by atoms with Gasteiger partial charge in [-0.2, -0.15) is 0 Å². The van der Waals surface area contributed by atoms with Crippen molar-refractivity contribution < 1.29 is 9.53 Å². The molecule has 0 unspecified atom stereocenters. The van der Waals surface area contributed by atoms with Crippen molar-refractivity contribution in [3.63, 3.8) is 0 Å². The highest BCUT2D eigenvalue weighted by atomic mass is 16.5. The molecule has 3 fully saturated rings. The number of ether oxygens (including phenoxy) is 1. The van der Waals surface area contributed by atoms with Gasteiger partial charge < -0.3 is 10.1 Å². The largest absolute Gasteiger partial charge is 0.365 e. The second-order valence-corrected chi connectivity index (χ2v) is 6.80. The Morgan fingerprint density at radius 2 is 1.95 bits per heavy atom. The van der Waals surface area contributed by atoms with Crippen LogP contribution in [-0.4, -0.2) is 42.6 Å². The minimum Gasteiger partial charge on any atom is -0.365 e. The van der Waals surface area contributed by atoms with E-state index in [0.29, 0.717) is 18.6 Å². The standard InChI is InChI=1S/C18H24N2O2/c21-18(19-12-13-6-7-13)17-16(14-4-2-1-3-5-14)20(10-11-22-17)15-8-9-15/h1-5,13,15-17H,6-12H2,(H,19,21)/t16-,17+/m0/s1. The predicted molar refractivity (Wildman–Crippen MR) is 84.4 cm³/mol. The van der Waals surface area contributed by atoms with Crippen molar-refractivity contribution in [2.45, 2.75) is 43.9 Å². The average molecular weight is 300 g/mol. The molecule has 1 aliphatic heterocycles. The van der Waals surface area contributed by atoms with Crippen LogP contribution < -0.4 is 5.32 Å². The first-order valence-electron chi connectivity index (χ1n) is 8.53. The molecule has 0 bridgehead atoms. The van der Waals surface area contributed by atoms with E-state index in [1.54, 1.807) is 0 Å². The third-order valence-electron chi connectivity index (χ3n) is 4.97. The highest BCUT2D eigenvalue weighted by Gasteiger charge is 2.44. The average Bonchev–Trinajstić information content (AvgIpc) is 3.46. The van der Waals surface area contributed by atoms with Crippen LogP contribution >= 0.6 is 0 Å². The van der Waals surface area contributed by atoms with E-state index in [1.807, 2.05) is 18.2 Å². The second-order valence-electron chi connectivity index (χ2n) is 6.80. The maximum atomic E-state index is 12.6. The Balaban J connectivity index is 1.54. The van der Waals surface area contributed by atoms with Crippen molar-refractivity contribution in [2.75, 3.05) is 19.7 Å². The summed E-state index contributed by atoms with van der Waals surface area (Å²) in [6, 6.07) is 11.1. The number of amides is 1. The SMILES string of the molecule is O=C(NCC1CC1)[C@@H]1OCCN(C2CC2)[C@H]1c1ccccc1. The molecule has 1 saturated heterocycles. The summed E-state index contributed by atoms with van der Waals surface area (Å²) in [6.07, 6.45) is 4.62. The lowest BCUT2D eigenvalue weighted by Crippen LogP contribution is -2.52. The zero-order chi connectivity index (χ0) is 14.9. The van der Waals surface area contributed by atoms with Gasteiger partial charge in [0, 0.05) is 19.1 Å². The van der Waals surface area contributed by atoms with E-state index in [1.165, 1.54) is 31.2 Å². The first-order valence-corrected chi connectivity index (χ1v) is 8.53. The lowest BCUT2D eigenvalue weighted by atomic mass is 9.97. The lowest BCUT2D eigenvalue weighted by molar-refractivity contribution is -0.146. The summed E-state index contributed by atoms with van der Waals surface area (Å²) in [5.41, 5.74) is 1.20. The molecule has 1 amide bonds. The fourth-order valence-corrected chi connectivity index (χ4v) is 3.41. The minimum atomic E-state index is -0.379. The number of hydrogen-bond donors (Lipinski definition) is 1. The topological polar surface area (TPSA) is 41.6 Å². The first kappa shape index (κ1) is 14.2. The molecule has 2 atom stereocenters. The van der Waals surface area contributed by atoms with E-state index in [4.69, 9.17) is 4.74 Å². The van der Waals surface area contributed by atoms with Crippen LogP contribution in [-0.2, 0) is 9.53 Å². The van der Waals surface area contributed by atoms with E-state index in [-0.39, 0.29) is 18.1 Å². The second kappa shape index (κ2) is 6.01. The van der Waals surface area contributed by atoms with Gasteiger partial charge in [-0.15, -0.1) is 0 Å². The van der Waals surface area contributed by atoms with E-state index in [2.05, 4.69) is 22.3 Å². The first-order chi connectivity index (χ1) is 10.8. The van der Waals surface area contributed by atoms with Gasteiger partial charge in [-0.3, -0.25) is 9.69 Å². The molecule has 3 aliphatic rings. The van der Waals surface area contributed by atoms with Crippen LogP contribution in [0.25, 0.3) is 0 Å². The van der Waals surface area contributed by atoms with E-state index >= 15 is 0 Å². The summed E-state index contributed by atoms with van der Waals surface area (Å²) in [5, 5.41) is 3.10. The number of carbonyl (C=O) groups is 1. The Labute approximate surface area is 131 Å². The number of carbonyl (C=O) groups excluding carboxylic acids is 1. The molecule has 1 aromatic carbocycles. The molecule has 2 saturated carbocycles. The highest BCUT2D eigenvalue weighted by Crippen LogP contribution is 2.39. The third-order valence-corrected chi connectivity index (χ3v) is 4.97. The van der Waals surface area contributed by atoms with Gasteiger partial charge in [-0.05, 0) is 37.2 Å². The molecule has 1 aromatic rings. The minimum absolute atomic E-state index is 0.0571. The molecule has 22 heavy (non-hydrogen) atoms. The molecule has 1 heterocycles. The van der Waals surface area contributed by atoms with E-state index < -0.39 is 0 Å². The molecule has 4 heteroatoms. The monoisotopic (exact) mass is 300 g/mol. The predicted octanol–water partition coefficient (Wildman–Crippen LogP) is 2.12. The van der Waals surface area contributed by atoms with Gasteiger partial charge in [0.2, 0.25) is 0 Å². The normalized spacial score (nSPS) is 29.3. The summed E-state index contributed by atoms with van der Waals surface area (Å²) < 4.78 is 5.91.